The zero-order chi connectivity index (χ0) is 25.4. The van der Waals surface area contributed by atoms with Crippen molar-refractivity contribution >= 4 is 35.5 Å². The summed E-state index contributed by atoms with van der Waals surface area (Å²) in [5.41, 5.74) is 1.60. The molecule has 0 spiro atoms. The Bertz CT molecular complexity index is 946. The molecule has 0 bridgehead atoms. The van der Waals surface area contributed by atoms with Crippen molar-refractivity contribution in [1.82, 2.24) is 5.32 Å². The summed E-state index contributed by atoms with van der Waals surface area (Å²) < 4.78 is 0.191. The van der Waals surface area contributed by atoms with E-state index in [2.05, 4.69) is 59.6 Å². The molecule has 0 aromatic heterocycles. The zero-order valence-electron chi connectivity index (χ0n) is 20.2. The lowest BCUT2D eigenvalue weighted by Crippen LogP contribution is -2.37. The first-order valence-corrected chi connectivity index (χ1v) is 13.7. The van der Waals surface area contributed by atoms with Crippen LogP contribution in [0.3, 0.4) is 0 Å². The highest BCUT2D eigenvalue weighted by molar-refractivity contribution is 8.17. The Morgan fingerprint density at radius 1 is 0.944 bits per heavy atom. The molecule has 196 valence electrons. The lowest BCUT2D eigenvalue weighted by atomic mass is 9.90. The van der Waals surface area contributed by atoms with Crippen LogP contribution in [-0.2, 0) is 21.6 Å². The molecule has 2 aromatic rings. The molecule has 1 atom stereocenters. The van der Waals surface area contributed by atoms with Crippen molar-refractivity contribution in [2.24, 2.45) is 0 Å². The van der Waals surface area contributed by atoms with Crippen LogP contribution in [0.2, 0.25) is 0 Å². The number of nitrogens with one attached hydrogen (secondary N) is 1. The van der Waals surface area contributed by atoms with Gasteiger partial charge in [0.25, 0.3) is 0 Å². The summed E-state index contributed by atoms with van der Waals surface area (Å²) in [7, 11) is 0. The molecule has 1 heterocycles. The van der Waals surface area contributed by atoms with Gasteiger partial charge in [0.05, 0.1) is 11.1 Å². The van der Waals surface area contributed by atoms with Crippen molar-refractivity contribution < 1.29 is 30.4 Å². The molecule has 0 aliphatic carbocycles. The molecule has 9 heteroatoms. The van der Waals surface area contributed by atoms with E-state index in [-0.39, 0.29) is 10.1 Å². The van der Waals surface area contributed by atoms with Crippen molar-refractivity contribution in [1.29, 1.82) is 0 Å². The van der Waals surface area contributed by atoms with E-state index in [1.54, 1.807) is 0 Å². The van der Waals surface area contributed by atoms with Crippen molar-refractivity contribution in [3.63, 3.8) is 0 Å². The predicted molar refractivity (Wildman–Crippen MR) is 147 cm³/mol. The molecule has 0 radical (unpaired) electrons. The van der Waals surface area contributed by atoms with Gasteiger partial charge in [-0.25, -0.2) is 9.59 Å². The van der Waals surface area contributed by atoms with Gasteiger partial charge in [0, 0.05) is 6.42 Å². The van der Waals surface area contributed by atoms with Crippen LogP contribution in [0.15, 0.2) is 60.7 Å². The number of hydrogen-bond donors (Lipinski definition) is 4. The third-order valence-electron chi connectivity index (χ3n) is 5.31. The molecule has 2 aromatic carbocycles. The molecule has 6 N–H and O–H groups in total. The molecule has 36 heavy (non-hydrogen) atoms. The number of aryl methyl sites for hydroxylation is 1. The second kappa shape index (κ2) is 17.9. The minimum absolute atomic E-state index is 0. The predicted octanol–water partition coefficient (Wildman–Crippen LogP) is 3.41. The van der Waals surface area contributed by atoms with Crippen LogP contribution < -0.4 is 5.32 Å². The normalized spacial score (nSPS) is 14.6. The largest absolute Gasteiger partial charge is 0.473 e. The number of carboxylic acid groups (broad SMARTS) is 2. The van der Waals surface area contributed by atoms with Crippen LogP contribution in [0.25, 0.3) is 0 Å². The van der Waals surface area contributed by atoms with E-state index < -0.39 is 17.5 Å². The van der Waals surface area contributed by atoms with E-state index in [0.29, 0.717) is 19.4 Å². The van der Waals surface area contributed by atoms with Gasteiger partial charge in [0.1, 0.15) is 5.60 Å². The fourth-order valence-electron chi connectivity index (χ4n) is 3.51. The van der Waals surface area contributed by atoms with E-state index in [9.17, 15) is 5.11 Å². The molecule has 1 unspecified atom stereocenters. The van der Waals surface area contributed by atoms with E-state index in [4.69, 9.17) is 19.8 Å². The SMILES string of the molecule is O.O=C(O)C(=O)O.OC(CCC#CCNCCCc1ccccc1)(c1ccccc1)C1SCCCS1. The Hall–Kier alpha value is -2.48. The van der Waals surface area contributed by atoms with Gasteiger partial charge in [-0.3, -0.25) is 0 Å². The number of rotatable bonds is 9. The van der Waals surface area contributed by atoms with Gasteiger partial charge in [-0.15, -0.1) is 29.4 Å². The van der Waals surface area contributed by atoms with Crippen LogP contribution in [0, 0.1) is 11.8 Å². The third kappa shape index (κ3) is 11.5. The molecule has 1 fully saturated rings. The fraction of sp³-hybridized carbons (Fsp3) is 0.407. The first kappa shape index (κ1) is 31.5. The number of aliphatic hydroxyl groups is 1. The first-order chi connectivity index (χ1) is 16.9. The maximum atomic E-state index is 11.6. The Balaban J connectivity index is 0.000000827. The average Bonchev–Trinajstić information content (AvgIpc) is 2.89. The quantitative estimate of drug-likeness (QED) is 0.219. The summed E-state index contributed by atoms with van der Waals surface area (Å²) in [6, 6.07) is 20.7. The van der Waals surface area contributed by atoms with E-state index in [1.165, 1.54) is 12.0 Å². The molecule has 1 aliphatic rings. The Morgan fingerprint density at radius 3 is 2.11 bits per heavy atom. The monoisotopic (exact) mass is 533 g/mol. The van der Waals surface area contributed by atoms with Gasteiger partial charge in [0.2, 0.25) is 0 Å². The Morgan fingerprint density at radius 2 is 1.53 bits per heavy atom. The average molecular weight is 534 g/mol. The maximum absolute atomic E-state index is 11.6. The summed E-state index contributed by atoms with van der Waals surface area (Å²) in [4.78, 5) is 18.2. The van der Waals surface area contributed by atoms with Gasteiger partial charge in [-0.05, 0) is 54.9 Å². The van der Waals surface area contributed by atoms with E-state index >= 15 is 0 Å². The third-order valence-corrected chi connectivity index (χ3v) is 8.56. The number of benzene rings is 2. The molecular weight excluding hydrogens is 498 g/mol. The van der Waals surface area contributed by atoms with Crippen molar-refractivity contribution in [3.8, 4) is 11.8 Å². The topological polar surface area (TPSA) is 138 Å². The summed E-state index contributed by atoms with van der Waals surface area (Å²) in [5, 5.41) is 29.7. The second-order valence-corrected chi connectivity index (χ2v) is 10.7. The number of thioether (sulfide) groups is 2. The lowest BCUT2D eigenvalue weighted by molar-refractivity contribution is -0.159. The molecule has 1 aliphatic heterocycles. The highest BCUT2D eigenvalue weighted by Crippen LogP contribution is 2.45. The van der Waals surface area contributed by atoms with Crippen LogP contribution in [0.1, 0.15) is 36.8 Å². The van der Waals surface area contributed by atoms with Gasteiger partial charge >= 0.3 is 11.9 Å². The second-order valence-electron chi connectivity index (χ2n) is 7.95. The maximum Gasteiger partial charge on any atom is 0.414 e. The molecular formula is C27H35NO6S2. The fourth-order valence-corrected chi connectivity index (χ4v) is 6.76. The summed E-state index contributed by atoms with van der Waals surface area (Å²) in [6.45, 7) is 1.69. The standard InChI is InChI=1S/C25H31NOS2.C2H2O4.H2O/c27-25(23-15-6-2-7-16-23,24-28-20-11-21-29-24)17-8-3-9-18-26-19-10-14-22-12-4-1-5-13-22;3-1(4)2(5)6;/h1-2,4-7,12-13,15-16,24,26-27H,8,10-11,14,17-21H2;(H,3,4)(H,5,6);1H2. The van der Waals surface area contributed by atoms with Gasteiger partial charge in [-0.2, -0.15) is 0 Å². The highest BCUT2D eigenvalue weighted by atomic mass is 32.2. The number of hydrogen-bond acceptors (Lipinski definition) is 6. The van der Waals surface area contributed by atoms with E-state index in [0.717, 1.165) is 36.5 Å². The Kier molecular flexibility index (Phi) is 15.7. The van der Waals surface area contributed by atoms with Crippen molar-refractivity contribution in [2.45, 2.75) is 42.3 Å². The molecule has 0 amide bonds. The van der Waals surface area contributed by atoms with Gasteiger partial charge in [-0.1, -0.05) is 66.6 Å². The first-order valence-electron chi connectivity index (χ1n) is 11.6. The van der Waals surface area contributed by atoms with Crippen molar-refractivity contribution in [2.75, 3.05) is 24.6 Å². The smallest absolute Gasteiger partial charge is 0.414 e. The molecule has 0 saturated carbocycles. The summed E-state index contributed by atoms with van der Waals surface area (Å²) in [5.74, 6) is 5.11. The van der Waals surface area contributed by atoms with Crippen LogP contribution >= 0.6 is 23.5 Å². The number of carbonyl (C=O) groups is 2. The minimum atomic E-state index is -1.82. The summed E-state index contributed by atoms with van der Waals surface area (Å²) in [6.07, 6.45) is 4.85. The van der Waals surface area contributed by atoms with E-state index in [1.807, 2.05) is 41.7 Å². The van der Waals surface area contributed by atoms with Crippen LogP contribution in [-0.4, -0.2) is 61.9 Å². The van der Waals surface area contributed by atoms with Crippen molar-refractivity contribution in [3.05, 3.63) is 71.8 Å². The summed E-state index contributed by atoms with van der Waals surface area (Å²) >= 11 is 3.79. The molecule has 7 nitrogen and oxygen atoms in total. The number of aliphatic carboxylic acids is 2. The van der Waals surface area contributed by atoms with Crippen LogP contribution in [0.4, 0.5) is 0 Å². The number of carboxylic acids is 2. The molecule has 3 rings (SSSR count). The Labute approximate surface area is 221 Å². The minimum Gasteiger partial charge on any atom is -0.473 e. The highest BCUT2D eigenvalue weighted by Gasteiger charge is 2.39. The van der Waals surface area contributed by atoms with Gasteiger partial charge < -0.3 is 26.1 Å². The lowest BCUT2D eigenvalue weighted by Gasteiger charge is -2.37. The molecule has 1 saturated heterocycles. The zero-order valence-corrected chi connectivity index (χ0v) is 21.8. The van der Waals surface area contributed by atoms with Gasteiger partial charge in [0.15, 0.2) is 0 Å². The van der Waals surface area contributed by atoms with Crippen LogP contribution in [0.5, 0.6) is 0 Å².